The second-order valence-electron chi connectivity index (χ2n) is 7.37. The van der Waals surface area contributed by atoms with Crippen LogP contribution in [0, 0.1) is 11.8 Å². The Bertz CT molecular complexity index is 761. The third-order valence-corrected chi connectivity index (χ3v) is 5.65. The summed E-state index contributed by atoms with van der Waals surface area (Å²) in [4.78, 5) is 27.8. The number of hydrogen-bond acceptors (Lipinski definition) is 3. The highest BCUT2D eigenvalue weighted by molar-refractivity contribution is 5.89. The Hall–Kier alpha value is -2.66. The fraction of sp³-hybridized carbons (Fsp3) is 0.364. The fourth-order valence-electron chi connectivity index (χ4n) is 4.06. The van der Waals surface area contributed by atoms with Gasteiger partial charge in [0.05, 0.1) is 17.9 Å². The van der Waals surface area contributed by atoms with Crippen LogP contribution in [-0.4, -0.2) is 53.0 Å². The smallest absolute Gasteiger partial charge is 0.307 e. The first kappa shape index (κ1) is 17.7. The first-order chi connectivity index (χ1) is 13.1. The van der Waals surface area contributed by atoms with Crippen molar-refractivity contribution in [1.82, 2.24) is 9.80 Å². The quantitative estimate of drug-likeness (QED) is 0.886. The molecule has 1 unspecified atom stereocenters. The highest BCUT2D eigenvalue weighted by Crippen LogP contribution is 2.40. The van der Waals surface area contributed by atoms with Gasteiger partial charge < -0.3 is 10.0 Å². The van der Waals surface area contributed by atoms with Crippen molar-refractivity contribution < 1.29 is 14.7 Å². The Balaban J connectivity index is 1.46. The molecule has 140 valence electrons. The molecule has 2 aliphatic rings. The van der Waals surface area contributed by atoms with E-state index in [2.05, 4.69) is 53.4 Å². The molecule has 5 nitrogen and oxygen atoms in total. The van der Waals surface area contributed by atoms with Crippen LogP contribution in [0.5, 0.6) is 0 Å². The van der Waals surface area contributed by atoms with Crippen molar-refractivity contribution in [2.75, 3.05) is 26.2 Å². The second-order valence-corrected chi connectivity index (χ2v) is 7.37. The van der Waals surface area contributed by atoms with E-state index in [0.717, 1.165) is 13.1 Å². The van der Waals surface area contributed by atoms with E-state index < -0.39 is 11.9 Å². The van der Waals surface area contributed by atoms with Crippen molar-refractivity contribution >= 4 is 11.9 Å². The largest absolute Gasteiger partial charge is 0.481 e. The predicted octanol–water partition coefficient (Wildman–Crippen LogP) is 2.64. The summed E-state index contributed by atoms with van der Waals surface area (Å²) in [6.07, 6.45) is 0.491. The van der Waals surface area contributed by atoms with Gasteiger partial charge in [0.15, 0.2) is 0 Å². The minimum Gasteiger partial charge on any atom is -0.481 e. The molecule has 2 aromatic rings. The number of carbonyl (C=O) groups excluding carboxylic acids is 1. The maximum atomic E-state index is 12.5. The molecule has 1 heterocycles. The Kier molecular flexibility index (Phi) is 4.94. The van der Waals surface area contributed by atoms with Gasteiger partial charge in [-0.1, -0.05) is 60.7 Å². The van der Waals surface area contributed by atoms with Gasteiger partial charge in [0.2, 0.25) is 5.91 Å². The van der Waals surface area contributed by atoms with Crippen molar-refractivity contribution in [3.8, 4) is 0 Å². The topological polar surface area (TPSA) is 60.9 Å². The van der Waals surface area contributed by atoms with Gasteiger partial charge in [-0.25, -0.2) is 0 Å². The first-order valence-electron chi connectivity index (χ1n) is 9.50. The Morgan fingerprint density at radius 2 is 1.33 bits per heavy atom. The van der Waals surface area contributed by atoms with Crippen LogP contribution in [0.1, 0.15) is 23.6 Å². The number of benzene rings is 2. The van der Waals surface area contributed by atoms with E-state index in [0.29, 0.717) is 19.5 Å². The summed E-state index contributed by atoms with van der Waals surface area (Å²) in [5.41, 5.74) is 2.49. The Labute approximate surface area is 159 Å². The summed E-state index contributed by atoms with van der Waals surface area (Å²) in [6, 6.07) is 21.1. The molecule has 1 N–H and O–H groups in total. The molecule has 1 aliphatic heterocycles. The zero-order valence-electron chi connectivity index (χ0n) is 15.2. The number of rotatable bonds is 5. The summed E-state index contributed by atoms with van der Waals surface area (Å²) < 4.78 is 0. The lowest BCUT2D eigenvalue weighted by Crippen LogP contribution is -2.50. The van der Waals surface area contributed by atoms with Gasteiger partial charge >= 0.3 is 5.97 Å². The molecule has 0 spiro atoms. The maximum absolute atomic E-state index is 12.5. The molecule has 2 atom stereocenters. The van der Waals surface area contributed by atoms with Crippen LogP contribution in [0.2, 0.25) is 0 Å². The van der Waals surface area contributed by atoms with E-state index in [4.69, 9.17) is 5.11 Å². The molecule has 2 aromatic carbocycles. The van der Waals surface area contributed by atoms with Crippen LogP contribution in [0.4, 0.5) is 0 Å². The van der Waals surface area contributed by atoms with Gasteiger partial charge in [-0.3, -0.25) is 14.5 Å². The van der Waals surface area contributed by atoms with E-state index in [9.17, 15) is 9.59 Å². The normalized spacial score (nSPS) is 22.6. The van der Waals surface area contributed by atoms with E-state index in [-0.39, 0.29) is 17.9 Å². The molecule has 1 saturated heterocycles. The summed E-state index contributed by atoms with van der Waals surface area (Å²) in [7, 11) is 0. The lowest BCUT2D eigenvalue weighted by atomic mass is 9.96. The van der Waals surface area contributed by atoms with E-state index in [1.54, 1.807) is 0 Å². The average molecular weight is 364 g/mol. The van der Waals surface area contributed by atoms with Gasteiger partial charge in [-0.2, -0.15) is 0 Å². The van der Waals surface area contributed by atoms with Crippen LogP contribution in [0.15, 0.2) is 60.7 Å². The second kappa shape index (κ2) is 7.53. The molecule has 4 rings (SSSR count). The minimum absolute atomic E-state index is 0.0121. The minimum atomic E-state index is -0.847. The highest BCUT2D eigenvalue weighted by Gasteiger charge is 2.50. The standard InChI is InChI=1S/C22H24N2O3/c25-21(18-15-19(18)22(26)27)24-13-11-23(12-14-24)20(16-7-3-1-4-8-16)17-9-5-2-6-10-17/h1-10,18-20H,11-15H2,(H,26,27)/t18?,19-/m0/s1. The Morgan fingerprint density at radius 1 is 0.815 bits per heavy atom. The first-order valence-corrected chi connectivity index (χ1v) is 9.50. The molecule has 2 fully saturated rings. The number of carboxylic acids is 1. The number of amides is 1. The predicted molar refractivity (Wildman–Crippen MR) is 102 cm³/mol. The van der Waals surface area contributed by atoms with E-state index in [1.165, 1.54) is 11.1 Å². The molecule has 1 amide bonds. The summed E-state index contributed by atoms with van der Waals surface area (Å²) in [6.45, 7) is 2.87. The number of hydrogen-bond donors (Lipinski definition) is 1. The summed E-state index contributed by atoms with van der Waals surface area (Å²) >= 11 is 0. The lowest BCUT2D eigenvalue weighted by molar-refractivity contribution is -0.142. The van der Waals surface area contributed by atoms with Crippen molar-refractivity contribution in [1.29, 1.82) is 0 Å². The average Bonchev–Trinajstić information content (AvgIpc) is 3.51. The maximum Gasteiger partial charge on any atom is 0.307 e. The van der Waals surface area contributed by atoms with Gasteiger partial charge in [0.25, 0.3) is 0 Å². The number of piperazine rings is 1. The Morgan fingerprint density at radius 3 is 1.78 bits per heavy atom. The molecule has 1 saturated carbocycles. The van der Waals surface area contributed by atoms with Crippen molar-refractivity contribution in [3.05, 3.63) is 71.8 Å². The van der Waals surface area contributed by atoms with Gasteiger partial charge in [-0.05, 0) is 17.5 Å². The number of nitrogens with zero attached hydrogens (tertiary/aromatic N) is 2. The molecule has 5 heteroatoms. The monoisotopic (exact) mass is 364 g/mol. The number of carbonyl (C=O) groups is 2. The molecular weight excluding hydrogens is 340 g/mol. The van der Waals surface area contributed by atoms with Crippen LogP contribution in [-0.2, 0) is 9.59 Å². The molecule has 0 radical (unpaired) electrons. The zero-order valence-corrected chi connectivity index (χ0v) is 15.2. The summed E-state index contributed by atoms with van der Waals surface area (Å²) in [5, 5.41) is 9.06. The van der Waals surface area contributed by atoms with Crippen LogP contribution in [0.25, 0.3) is 0 Å². The number of carboxylic acid groups (broad SMARTS) is 1. The van der Waals surface area contributed by atoms with Crippen molar-refractivity contribution in [2.24, 2.45) is 11.8 Å². The van der Waals surface area contributed by atoms with Gasteiger partial charge in [-0.15, -0.1) is 0 Å². The molecule has 1 aliphatic carbocycles. The van der Waals surface area contributed by atoms with Gasteiger partial charge in [0, 0.05) is 26.2 Å². The number of aliphatic carboxylic acids is 1. The lowest BCUT2D eigenvalue weighted by Gasteiger charge is -2.40. The summed E-state index contributed by atoms with van der Waals surface area (Å²) in [5.74, 6) is -1.62. The molecule has 0 bridgehead atoms. The van der Waals surface area contributed by atoms with Crippen molar-refractivity contribution in [2.45, 2.75) is 12.5 Å². The van der Waals surface area contributed by atoms with Gasteiger partial charge in [0.1, 0.15) is 0 Å². The van der Waals surface area contributed by atoms with Crippen molar-refractivity contribution in [3.63, 3.8) is 0 Å². The zero-order chi connectivity index (χ0) is 18.8. The van der Waals surface area contributed by atoms with Crippen LogP contribution >= 0.6 is 0 Å². The van der Waals surface area contributed by atoms with Crippen LogP contribution in [0.3, 0.4) is 0 Å². The fourth-order valence-corrected chi connectivity index (χ4v) is 4.06. The third kappa shape index (κ3) is 3.74. The molecular formula is C22H24N2O3. The molecule has 0 aromatic heterocycles. The molecule has 27 heavy (non-hydrogen) atoms. The third-order valence-electron chi connectivity index (χ3n) is 5.65. The van der Waals surface area contributed by atoms with E-state index >= 15 is 0 Å². The van der Waals surface area contributed by atoms with Crippen LogP contribution < -0.4 is 0 Å². The van der Waals surface area contributed by atoms with E-state index in [1.807, 2.05) is 17.0 Å². The highest BCUT2D eigenvalue weighted by atomic mass is 16.4. The SMILES string of the molecule is O=C(O)[C@H]1CC1C(=O)N1CCN(C(c2ccccc2)c2ccccc2)CC1.